The second-order valence-electron chi connectivity index (χ2n) is 5.22. The Morgan fingerprint density at radius 2 is 1.87 bits per heavy atom. The number of carboxylic acids is 1. The third-order valence-corrected chi connectivity index (χ3v) is 6.10. The Kier molecular flexibility index (Phi) is 7.66. The molecule has 0 saturated carbocycles. The lowest BCUT2D eigenvalue weighted by Crippen LogP contribution is -2.28. The summed E-state index contributed by atoms with van der Waals surface area (Å²) in [7, 11) is -0.788. The van der Waals surface area contributed by atoms with Crippen LogP contribution in [0.1, 0.15) is 41.8 Å². The monoisotopic (exact) mass is 362 g/mol. The maximum atomic E-state index is 12.1. The van der Waals surface area contributed by atoms with Gasteiger partial charge >= 0.3 is 5.97 Å². The summed E-state index contributed by atoms with van der Waals surface area (Å²) in [5.41, 5.74) is 0. The Morgan fingerprint density at radius 1 is 1.22 bits per heavy atom. The number of nitrogens with one attached hydrogen (secondary N) is 1. The molecular formula is C14H22N2O5S2. The molecule has 1 aromatic rings. The number of unbranched alkanes of at least 4 members (excludes halogenated alkanes) is 3. The predicted molar refractivity (Wildman–Crippen MR) is 88.2 cm³/mol. The van der Waals surface area contributed by atoms with E-state index in [0.29, 0.717) is 13.0 Å². The summed E-state index contributed by atoms with van der Waals surface area (Å²) in [6.45, 7) is 0.436. The molecule has 7 nitrogen and oxygen atoms in total. The van der Waals surface area contributed by atoms with Crippen molar-refractivity contribution in [3.05, 3.63) is 16.3 Å². The number of sulfonamides is 1. The van der Waals surface area contributed by atoms with Crippen LogP contribution in [-0.4, -0.2) is 50.3 Å². The summed E-state index contributed by atoms with van der Waals surface area (Å²) in [5, 5.41) is 12.8. The molecule has 0 bridgehead atoms. The molecule has 0 aliphatic carbocycles. The molecule has 0 radical (unpaired) electrons. The van der Waals surface area contributed by atoms with Crippen LogP contribution >= 0.6 is 11.3 Å². The standard InChI is InChI=1S/C14H22N2O5S2/c1-16(2)23(20,21)11-8-10-22-13(11)14(19)15-9-6-4-3-5-7-12(17)18/h8,10H,3-7,9H2,1-2H3,(H,15,19)(H,17,18). The van der Waals surface area contributed by atoms with Crippen LogP contribution in [0.4, 0.5) is 0 Å². The van der Waals surface area contributed by atoms with Crippen LogP contribution in [-0.2, 0) is 14.8 Å². The zero-order valence-electron chi connectivity index (χ0n) is 13.2. The first-order valence-electron chi connectivity index (χ1n) is 7.27. The van der Waals surface area contributed by atoms with Gasteiger partial charge in [0.05, 0.1) is 0 Å². The third-order valence-electron chi connectivity index (χ3n) is 3.20. The van der Waals surface area contributed by atoms with Crippen LogP contribution in [0.2, 0.25) is 0 Å². The van der Waals surface area contributed by atoms with Crippen LogP contribution < -0.4 is 5.32 Å². The number of carbonyl (C=O) groups excluding carboxylic acids is 1. The van der Waals surface area contributed by atoms with Crippen LogP contribution in [0.15, 0.2) is 16.3 Å². The Bertz CT molecular complexity index is 637. The van der Waals surface area contributed by atoms with Crippen LogP contribution in [0.5, 0.6) is 0 Å². The van der Waals surface area contributed by atoms with E-state index in [1.165, 1.54) is 20.2 Å². The molecule has 23 heavy (non-hydrogen) atoms. The van der Waals surface area contributed by atoms with Crippen molar-refractivity contribution in [2.45, 2.75) is 37.0 Å². The first kappa shape index (κ1) is 19.6. The largest absolute Gasteiger partial charge is 0.481 e. The van der Waals surface area contributed by atoms with E-state index in [9.17, 15) is 18.0 Å². The minimum Gasteiger partial charge on any atom is -0.481 e. The number of nitrogens with zero attached hydrogens (tertiary/aromatic N) is 1. The van der Waals surface area contributed by atoms with E-state index in [-0.39, 0.29) is 16.2 Å². The summed E-state index contributed by atoms with van der Waals surface area (Å²) in [6, 6.07) is 1.43. The highest BCUT2D eigenvalue weighted by molar-refractivity contribution is 7.89. The van der Waals surface area contributed by atoms with Gasteiger partial charge in [-0.15, -0.1) is 11.3 Å². The van der Waals surface area contributed by atoms with E-state index in [2.05, 4.69) is 5.32 Å². The van der Waals surface area contributed by atoms with E-state index in [4.69, 9.17) is 5.11 Å². The topological polar surface area (TPSA) is 104 Å². The Labute approximate surface area is 140 Å². The quantitative estimate of drug-likeness (QED) is 0.617. The lowest BCUT2D eigenvalue weighted by molar-refractivity contribution is -0.137. The van der Waals surface area contributed by atoms with Gasteiger partial charge < -0.3 is 10.4 Å². The number of hydrogen-bond donors (Lipinski definition) is 2. The lowest BCUT2D eigenvalue weighted by atomic mass is 10.1. The molecule has 0 aliphatic heterocycles. The van der Waals surface area contributed by atoms with E-state index in [1.54, 1.807) is 5.38 Å². The summed E-state index contributed by atoms with van der Waals surface area (Å²) in [5.74, 6) is -1.20. The average Bonchev–Trinajstić information content (AvgIpc) is 2.95. The fourth-order valence-corrected chi connectivity index (χ4v) is 4.11. The minimum atomic E-state index is -3.63. The molecule has 0 aromatic carbocycles. The number of rotatable bonds is 10. The van der Waals surface area contributed by atoms with E-state index in [1.807, 2.05) is 0 Å². The highest BCUT2D eigenvalue weighted by Gasteiger charge is 2.25. The van der Waals surface area contributed by atoms with Gasteiger partial charge in [-0.1, -0.05) is 12.8 Å². The number of carbonyl (C=O) groups is 2. The second kappa shape index (κ2) is 8.99. The molecular weight excluding hydrogens is 340 g/mol. The summed E-state index contributed by atoms with van der Waals surface area (Å²) >= 11 is 1.09. The van der Waals surface area contributed by atoms with Crippen molar-refractivity contribution < 1.29 is 23.1 Å². The molecule has 0 saturated heterocycles. The molecule has 1 heterocycles. The molecule has 0 spiro atoms. The Hall–Kier alpha value is -1.45. The summed E-state index contributed by atoms with van der Waals surface area (Å²) in [6.07, 6.45) is 3.13. The molecule has 1 aromatic heterocycles. The van der Waals surface area contributed by atoms with Gasteiger partial charge in [-0.2, -0.15) is 0 Å². The van der Waals surface area contributed by atoms with Gasteiger partial charge in [0.25, 0.3) is 5.91 Å². The first-order valence-corrected chi connectivity index (χ1v) is 9.58. The van der Waals surface area contributed by atoms with Crippen molar-refractivity contribution >= 4 is 33.2 Å². The normalized spacial score (nSPS) is 11.6. The van der Waals surface area contributed by atoms with Crippen molar-refractivity contribution in [2.24, 2.45) is 0 Å². The van der Waals surface area contributed by atoms with Gasteiger partial charge in [-0.3, -0.25) is 9.59 Å². The molecule has 1 rings (SSSR count). The first-order chi connectivity index (χ1) is 10.8. The van der Waals surface area contributed by atoms with Crippen molar-refractivity contribution in [1.82, 2.24) is 9.62 Å². The van der Waals surface area contributed by atoms with Crippen molar-refractivity contribution in [3.8, 4) is 0 Å². The predicted octanol–water partition coefficient (Wildman–Crippen LogP) is 1.76. The highest BCUT2D eigenvalue weighted by atomic mass is 32.2. The third kappa shape index (κ3) is 5.92. The van der Waals surface area contributed by atoms with Crippen LogP contribution in [0.3, 0.4) is 0 Å². The summed E-state index contributed by atoms with van der Waals surface area (Å²) < 4.78 is 25.3. The van der Waals surface area contributed by atoms with E-state index < -0.39 is 21.9 Å². The lowest BCUT2D eigenvalue weighted by Gasteiger charge is -2.11. The molecule has 0 unspecified atom stereocenters. The van der Waals surface area contributed by atoms with Gasteiger partial charge in [0.2, 0.25) is 10.0 Å². The highest BCUT2D eigenvalue weighted by Crippen LogP contribution is 2.23. The van der Waals surface area contributed by atoms with Gasteiger partial charge in [0.1, 0.15) is 9.77 Å². The van der Waals surface area contributed by atoms with Crippen molar-refractivity contribution in [2.75, 3.05) is 20.6 Å². The smallest absolute Gasteiger partial charge is 0.303 e. The minimum absolute atomic E-state index is 0.0199. The van der Waals surface area contributed by atoms with Crippen LogP contribution in [0, 0.1) is 0 Å². The van der Waals surface area contributed by atoms with Gasteiger partial charge in [0.15, 0.2) is 0 Å². The second-order valence-corrected chi connectivity index (χ2v) is 8.25. The SMILES string of the molecule is CN(C)S(=O)(=O)c1ccsc1C(=O)NCCCCCCC(=O)O. The number of hydrogen-bond acceptors (Lipinski definition) is 5. The Balaban J connectivity index is 2.45. The van der Waals surface area contributed by atoms with Crippen LogP contribution in [0.25, 0.3) is 0 Å². The zero-order chi connectivity index (χ0) is 17.5. The van der Waals surface area contributed by atoms with E-state index >= 15 is 0 Å². The van der Waals surface area contributed by atoms with Gasteiger partial charge in [0, 0.05) is 27.1 Å². The molecule has 130 valence electrons. The molecule has 0 fully saturated rings. The van der Waals surface area contributed by atoms with Crippen molar-refractivity contribution in [3.63, 3.8) is 0 Å². The number of carboxylic acid groups (broad SMARTS) is 1. The molecule has 0 atom stereocenters. The Morgan fingerprint density at radius 3 is 2.48 bits per heavy atom. The maximum Gasteiger partial charge on any atom is 0.303 e. The van der Waals surface area contributed by atoms with E-state index in [0.717, 1.165) is 34.9 Å². The number of amides is 1. The van der Waals surface area contributed by atoms with Crippen molar-refractivity contribution in [1.29, 1.82) is 0 Å². The molecule has 0 aliphatic rings. The van der Waals surface area contributed by atoms with Gasteiger partial charge in [-0.05, 0) is 24.3 Å². The fourth-order valence-electron chi connectivity index (χ4n) is 1.90. The average molecular weight is 362 g/mol. The van der Waals surface area contributed by atoms with Gasteiger partial charge in [-0.25, -0.2) is 12.7 Å². The number of thiophene rings is 1. The number of aliphatic carboxylic acids is 1. The molecule has 2 N–H and O–H groups in total. The maximum absolute atomic E-state index is 12.1. The zero-order valence-corrected chi connectivity index (χ0v) is 14.9. The molecule has 9 heteroatoms. The fraction of sp³-hybridized carbons (Fsp3) is 0.571. The molecule has 1 amide bonds. The summed E-state index contributed by atoms with van der Waals surface area (Å²) in [4.78, 5) is 22.7.